The Kier molecular flexibility index (Phi) is 5.58. The second kappa shape index (κ2) is 9.56. The summed E-state index contributed by atoms with van der Waals surface area (Å²) in [6.45, 7) is 0. The minimum atomic E-state index is 0.372. The van der Waals surface area contributed by atoms with Crippen LogP contribution in [0.1, 0.15) is 49.7 Å². The molecule has 6 aromatic rings. The normalized spacial score (nSPS) is 24.0. The fourth-order valence-corrected chi connectivity index (χ4v) is 9.84. The van der Waals surface area contributed by atoms with E-state index in [0.717, 1.165) is 45.2 Å². The second-order valence-corrected chi connectivity index (χ2v) is 14.2. The van der Waals surface area contributed by atoms with Crippen molar-refractivity contribution in [2.75, 3.05) is 0 Å². The van der Waals surface area contributed by atoms with Crippen LogP contribution in [0.4, 0.5) is 0 Å². The summed E-state index contributed by atoms with van der Waals surface area (Å²) in [5, 5.41) is 11.7. The van der Waals surface area contributed by atoms with Gasteiger partial charge in [0.15, 0.2) is 17.5 Å². The summed E-state index contributed by atoms with van der Waals surface area (Å²) in [6.07, 6.45) is 8.46. The van der Waals surface area contributed by atoms with Crippen molar-refractivity contribution in [3.05, 3.63) is 102 Å². The zero-order chi connectivity index (χ0) is 28.5. The molecule has 10 rings (SSSR count). The highest BCUT2D eigenvalue weighted by Gasteiger charge is 2.51. The first-order chi connectivity index (χ1) is 21.1. The van der Waals surface area contributed by atoms with E-state index in [1.807, 2.05) is 36.4 Å². The molecule has 4 fully saturated rings. The lowest BCUT2D eigenvalue weighted by molar-refractivity contribution is -0.00518. The van der Waals surface area contributed by atoms with Crippen molar-refractivity contribution in [2.45, 2.75) is 43.9 Å². The van der Waals surface area contributed by atoms with E-state index in [2.05, 4.69) is 60.7 Å². The molecular weight excluding hydrogens is 545 g/mol. The lowest BCUT2D eigenvalue weighted by Gasteiger charge is -2.57. The Hall–Kier alpha value is -4.40. The number of nitrogens with zero attached hydrogens (tertiary/aromatic N) is 4. The predicted molar refractivity (Wildman–Crippen MR) is 174 cm³/mol. The van der Waals surface area contributed by atoms with Gasteiger partial charge in [0.2, 0.25) is 0 Å². The maximum atomic E-state index is 9.49. The first kappa shape index (κ1) is 25.1. The van der Waals surface area contributed by atoms with Crippen LogP contribution < -0.4 is 0 Å². The van der Waals surface area contributed by atoms with Gasteiger partial charge in [-0.25, -0.2) is 15.0 Å². The van der Waals surface area contributed by atoms with Gasteiger partial charge in [0, 0.05) is 36.9 Å². The Morgan fingerprint density at radius 2 is 1.14 bits per heavy atom. The van der Waals surface area contributed by atoms with E-state index in [9.17, 15) is 5.26 Å². The highest BCUT2D eigenvalue weighted by Crippen LogP contribution is 2.60. The molecule has 2 aromatic heterocycles. The monoisotopic (exact) mass is 574 g/mol. The molecule has 4 aromatic carbocycles. The number of aromatic nitrogens is 3. The van der Waals surface area contributed by atoms with Gasteiger partial charge in [-0.1, -0.05) is 54.6 Å². The van der Waals surface area contributed by atoms with Crippen molar-refractivity contribution >= 4 is 31.5 Å². The van der Waals surface area contributed by atoms with E-state index in [1.54, 1.807) is 11.3 Å². The zero-order valence-corrected chi connectivity index (χ0v) is 24.6. The van der Waals surface area contributed by atoms with Gasteiger partial charge in [-0.3, -0.25) is 0 Å². The predicted octanol–water partition coefficient (Wildman–Crippen LogP) is 9.58. The van der Waals surface area contributed by atoms with E-state index in [0.29, 0.717) is 28.5 Å². The Bertz CT molecular complexity index is 2030. The largest absolute Gasteiger partial charge is 0.208 e. The minimum Gasteiger partial charge on any atom is -0.208 e. The third kappa shape index (κ3) is 4.19. The molecule has 0 spiro atoms. The van der Waals surface area contributed by atoms with Gasteiger partial charge in [0.1, 0.15) is 0 Å². The number of fused-ring (bicyclic) bond motifs is 3. The minimum absolute atomic E-state index is 0.372. The molecule has 0 amide bonds. The first-order valence-electron chi connectivity index (χ1n) is 15.4. The molecule has 2 heterocycles. The van der Waals surface area contributed by atoms with Crippen LogP contribution in [0.5, 0.6) is 0 Å². The van der Waals surface area contributed by atoms with Crippen LogP contribution in [0, 0.1) is 29.1 Å². The molecule has 208 valence electrons. The van der Waals surface area contributed by atoms with Gasteiger partial charge in [-0.05, 0) is 104 Å². The van der Waals surface area contributed by atoms with Crippen molar-refractivity contribution in [1.82, 2.24) is 15.0 Å². The molecule has 4 saturated carbocycles. The van der Waals surface area contributed by atoms with Crippen LogP contribution in [0.15, 0.2) is 91.0 Å². The molecule has 4 nitrogen and oxygen atoms in total. The molecule has 0 aliphatic heterocycles. The fraction of sp³-hybridized carbons (Fsp3) is 0.263. The number of hydrogen-bond acceptors (Lipinski definition) is 5. The molecule has 0 saturated heterocycles. The van der Waals surface area contributed by atoms with E-state index < -0.39 is 0 Å². The number of thiophene rings is 1. The number of hydrogen-bond donors (Lipinski definition) is 0. The number of nitriles is 1. The van der Waals surface area contributed by atoms with E-state index >= 15 is 0 Å². The zero-order valence-electron chi connectivity index (χ0n) is 23.8. The quantitative estimate of drug-likeness (QED) is 0.210. The topological polar surface area (TPSA) is 62.5 Å². The van der Waals surface area contributed by atoms with Crippen LogP contribution in [0.3, 0.4) is 0 Å². The summed E-state index contributed by atoms with van der Waals surface area (Å²) >= 11 is 1.74. The molecular formula is C38H30N4S. The van der Waals surface area contributed by atoms with Crippen molar-refractivity contribution in [3.63, 3.8) is 0 Å². The standard InChI is InChI=1S/C38H30N4S/c39-22-23-6-12-33-31(17-23)32-18-29(9-13-34(32)43-33)37-41-35(27-4-2-1-3-5-27)40-36(42-37)28-7-10-30(11-8-28)38-19-24-14-25(20-38)16-26(15-24)21-38/h1-13,17-18,24-26H,14-16,19-21H2/t24-,25+,26?,38?. The van der Waals surface area contributed by atoms with Gasteiger partial charge in [-0.15, -0.1) is 11.3 Å². The highest BCUT2D eigenvalue weighted by atomic mass is 32.1. The Labute approximate surface area is 255 Å². The third-order valence-corrected chi connectivity index (χ3v) is 11.5. The molecule has 4 aliphatic rings. The van der Waals surface area contributed by atoms with Crippen LogP contribution in [0.2, 0.25) is 0 Å². The van der Waals surface area contributed by atoms with E-state index in [-0.39, 0.29) is 0 Å². The van der Waals surface area contributed by atoms with Gasteiger partial charge in [0.05, 0.1) is 11.6 Å². The first-order valence-corrected chi connectivity index (χ1v) is 16.2. The Morgan fingerprint density at radius 3 is 1.77 bits per heavy atom. The van der Waals surface area contributed by atoms with Gasteiger partial charge in [0.25, 0.3) is 0 Å². The number of benzene rings is 4. The molecule has 4 bridgehead atoms. The lowest BCUT2D eigenvalue weighted by Crippen LogP contribution is -2.48. The fourth-order valence-electron chi connectivity index (χ4n) is 8.77. The van der Waals surface area contributed by atoms with Crippen LogP contribution >= 0.6 is 11.3 Å². The van der Waals surface area contributed by atoms with E-state index in [1.165, 1.54) is 53.5 Å². The lowest BCUT2D eigenvalue weighted by atomic mass is 9.48. The van der Waals surface area contributed by atoms with Crippen molar-refractivity contribution in [3.8, 4) is 40.2 Å². The highest BCUT2D eigenvalue weighted by molar-refractivity contribution is 7.25. The average molecular weight is 575 g/mol. The smallest absolute Gasteiger partial charge is 0.164 e. The maximum absolute atomic E-state index is 9.49. The summed E-state index contributed by atoms with van der Waals surface area (Å²) < 4.78 is 2.36. The maximum Gasteiger partial charge on any atom is 0.164 e. The summed E-state index contributed by atoms with van der Waals surface area (Å²) in [5.74, 6) is 4.81. The third-order valence-electron chi connectivity index (χ3n) is 10.3. The Morgan fingerprint density at radius 1 is 0.605 bits per heavy atom. The summed E-state index contributed by atoms with van der Waals surface area (Å²) in [5.41, 5.74) is 5.49. The van der Waals surface area contributed by atoms with Crippen LogP contribution in [-0.2, 0) is 5.41 Å². The molecule has 5 heteroatoms. The second-order valence-electron chi connectivity index (χ2n) is 13.1. The molecule has 4 aliphatic carbocycles. The SMILES string of the molecule is N#Cc1ccc2sc3ccc(-c4nc(-c5ccccc5)nc(-c5ccc(C67CC8C[C@H](C6)C[C@@H](C8)C7)cc5)n4)cc3c2c1. The van der Waals surface area contributed by atoms with E-state index in [4.69, 9.17) is 15.0 Å². The molecule has 0 unspecified atom stereocenters. The summed E-state index contributed by atoms with van der Waals surface area (Å²) in [7, 11) is 0. The van der Waals surface area contributed by atoms with Crippen molar-refractivity contribution in [2.24, 2.45) is 17.8 Å². The molecule has 43 heavy (non-hydrogen) atoms. The Balaban J connectivity index is 1.15. The van der Waals surface area contributed by atoms with Gasteiger partial charge in [-0.2, -0.15) is 5.26 Å². The van der Waals surface area contributed by atoms with Gasteiger partial charge < -0.3 is 0 Å². The van der Waals surface area contributed by atoms with Crippen LogP contribution in [0.25, 0.3) is 54.3 Å². The number of rotatable bonds is 4. The molecule has 0 N–H and O–H groups in total. The average Bonchev–Trinajstić information content (AvgIpc) is 3.41. The molecule has 0 atom stereocenters. The van der Waals surface area contributed by atoms with Crippen molar-refractivity contribution in [1.29, 1.82) is 5.26 Å². The summed E-state index contributed by atoms with van der Waals surface area (Å²) in [6, 6.07) is 34.0. The molecule has 0 radical (unpaired) electrons. The summed E-state index contributed by atoms with van der Waals surface area (Å²) in [4.78, 5) is 15.0. The van der Waals surface area contributed by atoms with Gasteiger partial charge >= 0.3 is 0 Å². The van der Waals surface area contributed by atoms with Crippen LogP contribution in [-0.4, -0.2) is 15.0 Å². The van der Waals surface area contributed by atoms with Crippen molar-refractivity contribution < 1.29 is 0 Å².